The maximum atomic E-state index is 12.5. The number of hydrogen-bond donors (Lipinski definition) is 3. The van der Waals surface area contributed by atoms with Crippen LogP contribution in [0.4, 0.5) is 0 Å². The quantitative estimate of drug-likeness (QED) is 0.710. The van der Waals surface area contributed by atoms with Gasteiger partial charge in [-0.05, 0) is 31.5 Å². The van der Waals surface area contributed by atoms with Gasteiger partial charge in [0.25, 0.3) is 11.5 Å². The summed E-state index contributed by atoms with van der Waals surface area (Å²) in [6.45, 7) is 9.35. The summed E-state index contributed by atoms with van der Waals surface area (Å²) < 4.78 is 1.51. The predicted octanol–water partition coefficient (Wildman–Crippen LogP) is 0.671. The maximum absolute atomic E-state index is 12.5. The van der Waals surface area contributed by atoms with E-state index in [0.29, 0.717) is 24.2 Å². The number of nitrogens with one attached hydrogen (secondary N) is 3. The summed E-state index contributed by atoms with van der Waals surface area (Å²) in [4.78, 5) is 27.2. The Balaban J connectivity index is 1.67. The van der Waals surface area contributed by atoms with Crippen molar-refractivity contribution in [1.29, 1.82) is 0 Å². The number of amides is 1. The molecular weight excluding hydrogens is 330 g/mol. The molecule has 1 aliphatic rings. The van der Waals surface area contributed by atoms with Gasteiger partial charge in [0.1, 0.15) is 0 Å². The molecule has 1 aliphatic heterocycles. The second-order valence-electron chi connectivity index (χ2n) is 6.61. The molecular formula is C19H27N5O2. The molecule has 0 bridgehead atoms. The highest BCUT2D eigenvalue weighted by Crippen LogP contribution is 2.10. The van der Waals surface area contributed by atoms with Crippen molar-refractivity contribution in [3.63, 3.8) is 0 Å². The molecule has 1 aromatic carbocycles. The van der Waals surface area contributed by atoms with E-state index in [4.69, 9.17) is 0 Å². The molecule has 0 aliphatic carbocycles. The van der Waals surface area contributed by atoms with Crippen LogP contribution in [0.5, 0.6) is 0 Å². The standard InChI is InChI=1S/C19H27N5O2/c1-3-17-14(2)22-24(19(17)26)16-6-4-5-15(13-16)18(25)21-9-12-23-10-7-20-8-11-23/h4-6,13,20,22H,3,7-12H2,1-2H3,(H,21,25). The summed E-state index contributed by atoms with van der Waals surface area (Å²) in [6, 6.07) is 7.14. The SMILES string of the molecule is CCc1c(C)[nH]n(-c2cccc(C(=O)NCCN3CCNCC3)c2)c1=O. The van der Waals surface area contributed by atoms with Crippen LogP contribution >= 0.6 is 0 Å². The van der Waals surface area contributed by atoms with E-state index >= 15 is 0 Å². The highest BCUT2D eigenvalue weighted by atomic mass is 16.1. The third kappa shape index (κ3) is 4.05. The highest BCUT2D eigenvalue weighted by molar-refractivity contribution is 5.94. The van der Waals surface area contributed by atoms with Crippen LogP contribution in [0.25, 0.3) is 5.69 Å². The molecule has 26 heavy (non-hydrogen) atoms. The molecule has 1 saturated heterocycles. The van der Waals surface area contributed by atoms with Crippen molar-refractivity contribution < 1.29 is 4.79 Å². The lowest BCUT2D eigenvalue weighted by atomic mass is 10.2. The van der Waals surface area contributed by atoms with Crippen LogP contribution in [0, 0.1) is 6.92 Å². The number of carbonyl (C=O) groups is 1. The van der Waals surface area contributed by atoms with Crippen molar-refractivity contribution in [2.75, 3.05) is 39.3 Å². The predicted molar refractivity (Wildman–Crippen MR) is 102 cm³/mol. The summed E-state index contributed by atoms with van der Waals surface area (Å²) >= 11 is 0. The zero-order valence-corrected chi connectivity index (χ0v) is 15.5. The number of aromatic nitrogens is 2. The number of aromatic amines is 1. The minimum atomic E-state index is -0.117. The van der Waals surface area contributed by atoms with Gasteiger partial charge in [-0.3, -0.25) is 19.6 Å². The summed E-state index contributed by atoms with van der Waals surface area (Å²) in [5.74, 6) is -0.117. The number of hydrogen-bond acceptors (Lipinski definition) is 4. The third-order valence-corrected chi connectivity index (χ3v) is 4.84. The Morgan fingerprint density at radius 2 is 2.04 bits per heavy atom. The van der Waals surface area contributed by atoms with Crippen LogP contribution < -0.4 is 16.2 Å². The average molecular weight is 357 g/mol. The fraction of sp³-hybridized carbons (Fsp3) is 0.474. The molecule has 2 aromatic rings. The van der Waals surface area contributed by atoms with Crippen LogP contribution in [0.15, 0.2) is 29.1 Å². The van der Waals surface area contributed by atoms with Gasteiger partial charge in [-0.1, -0.05) is 13.0 Å². The van der Waals surface area contributed by atoms with Crippen LogP contribution in [0.1, 0.15) is 28.5 Å². The molecule has 0 radical (unpaired) electrons. The van der Waals surface area contributed by atoms with E-state index in [9.17, 15) is 9.59 Å². The second-order valence-corrected chi connectivity index (χ2v) is 6.61. The third-order valence-electron chi connectivity index (χ3n) is 4.84. The fourth-order valence-electron chi connectivity index (χ4n) is 3.33. The van der Waals surface area contributed by atoms with Gasteiger partial charge >= 0.3 is 0 Å². The molecule has 2 heterocycles. The van der Waals surface area contributed by atoms with Gasteiger partial charge in [0.15, 0.2) is 0 Å². The smallest absolute Gasteiger partial charge is 0.274 e. The summed E-state index contributed by atoms with van der Waals surface area (Å²) in [5, 5.41) is 9.38. The summed E-state index contributed by atoms with van der Waals surface area (Å²) in [5.41, 5.74) is 2.81. The number of benzene rings is 1. The second kappa shape index (κ2) is 8.33. The van der Waals surface area contributed by atoms with Crippen molar-refractivity contribution in [2.45, 2.75) is 20.3 Å². The van der Waals surface area contributed by atoms with E-state index in [1.165, 1.54) is 4.68 Å². The molecule has 7 nitrogen and oxygen atoms in total. The number of aryl methyl sites for hydroxylation is 1. The van der Waals surface area contributed by atoms with Gasteiger partial charge in [-0.25, -0.2) is 4.68 Å². The van der Waals surface area contributed by atoms with Gasteiger partial charge in [-0.15, -0.1) is 0 Å². The van der Waals surface area contributed by atoms with E-state index in [1.54, 1.807) is 18.2 Å². The molecule has 1 aromatic heterocycles. The molecule has 0 unspecified atom stereocenters. The van der Waals surface area contributed by atoms with Gasteiger partial charge in [-0.2, -0.15) is 0 Å². The molecule has 0 spiro atoms. The number of carbonyl (C=O) groups excluding carboxylic acids is 1. The molecule has 3 N–H and O–H groups in total. The zero-order chi connectivity index (χ0) is 18.5. The number of H-pyrrole nitrogens is 1. The number of rotatable bonds is 6. The first kappa shape index (κ1) is 18.4. The van der Waals surface area contributed by atoms with Crippen LogP contribution in [0.3, 0.4) is 0 Å². The van der Waals surface area contributed by atoms with Gasteiger partial charge < -0.3 is 10.6 Å². The lowest BCUT2D eigenvalue weighted by molar-refractivity contribution is 0.0947. The largest absolute Gasteiger partial charge is 0.351 e. The van der Waals surface area contributed by atoms with Gasteiger partial charge in [0, 0.05) is 56.1 Å². The normalized spacial score (nSPS) is 15.2. The minimum Gasteiger partial charge on any atom is -0.351 e. The lowest BCUT2D eigenvalue weighted by Gasteiger charge is -2.27. The Bertz CT molecular complexity index is 818. The molecule has 0 atom stereocenters. The first-order valence-electron chi connectivity index (χ1n) is 9.22. The van der Waals surface area contributed by atoms with E-state index in [2.05, 4.69) is 20.6 Å². The lowest BCUT2D eigenvalue weighted by Crippen LogP contribution is -2.46. The van der Waals surface area contributed by atoms with Crippen molar-refractivity contribution in [1.82, 2.24) is 25.3 Å². The molecule has 1 amide bonds. The Kier molecular flexibility index (Phi) is 5.90. The van der Waals surface area contributed by atoms with Crippen molar-refractivity contribution in [3.8, 4) is 5.69 Å². The van der Waals surface area contributed by atoms with Gasteiger partial charge in [0.2, 0.25) is 0 Å². The Hall–Kier alpha value is -2.38. The Morgan fingerprint density at radius 3 is 2.73 bits per heavy atom. The fourth-order valence-corrected chi connectivity index (χ4v) is 3.33. The first-order chi connectivity index (χ1) is 12.6. The molecule has 140 valence electrons. The maximum Gasteiger partial charge on any atom is 0.274 e. The van der Waals surface area contributed by atoms with Gasteiger partial charge in [0.05, 0.1) is 5.69 Å². The minimum absolute atomic E-state index is 0.0544. The first-order valence-corrected chi connectivity index (χ1v) is 9.22. The van der Waals surface area contributed by atoms with Crippen LogP contribution in [-0.2, 0) is 6.42 Å². The molecule has 1 fully saturated rings. The van der Waals surface area contributed by atoms with Crippen molar-refractivity contribution in [2.24, 2.45) is 0 Å². The Labute approximate surface area is 153 Å². The molecule has 3 rings (SSSR count). The Morgan fingerprint density at radius 1 is 1.27 bits per heavy atom. The molecule has 0 saturated carbocycles. The summed E-state index contributed by atoms with van der Waals surface area (Å²) in [7, 11) is 0. The van der Waals surface area contributed by atoms with Crippen molar-refractivity contribution >= 4 is 5.91 Å². The summed E-state index contributed by atoms with van der Waals surface area (Å²) in [6.07, 6.45) is 0.681. The average Bonchev–Trinajstić information content (AvgIpc) is 2.96. The molecule has 7 heteroatoms. The number of nitrogens with zero attached hydrogens (tertiary/aromatic N) is 2. The zero-order valence-electron chi connectivity index (χ0n) is 15.5. The van der Waals surface area contributed by atoms with Crippen molar-refractivity contribution in [3.05, 3.63) is 51.4 Å². The number of piperazine rings is 1. The monoisotopic (exact) mass is 357 g/mol. The van der Waals surface area contributed by atoms with E-state index in [-0.39, 0.29) is 11.5 Å². The van der Waals surface area contributed by atoms with E-state index in [1.807, 2.05) is 19.9 Å². The van der Waals surface area contributed by atoms with Crippen LogP contribution in [-0.4, -0.2) is 59.9 Å². The highest BCUT2D eigenvalue weighted by Gasteiger charge is 2.13. The van der Waals surface area contributed by atoms with E-state index in [0.717, 1.165) is 44.0 Å². The van der Waals surface area contributed by atoms with E-state index < -0.39 is 0 Å². The van der Waals surface area contributed by atoms with Crippen LogP contribution in [0.2, 0.25) is 0 Å². The topological polar surface area (TPSA) is 82.2 Å².